The summed E-state index contributed by atoms with van der Waals surface area (Å²) in [6, 6.07) is 6.93. The van der Waals surface area contributed by atoms with Crippen LogP contribution in [0.4, 0.5) is 40.7 Å². The fourth-order valence-electron chi connectivity index (χ4n) is 4.69. The normalized spacial score (nSPS) is 15.6. The lowest BCUT2D eigenvalue weighted by Gasteiger charge is -2.22. The zero-order valence-corrected chi connectivity index (χ0v) is 25.5. The van der Waals surface area contributed by atoms with E-state index in [-0.39, 0.29) is 41.2 Å². The quantitative estimate of drug-likeness (QED) is 0.281. The van der Waals surface area contributed by atoms with E-state index in [1.54, 1.807) is 25.1 Å². The highest BCUT2D eigenvalue weighted by atomic mass is 32.2. The van der Waals surface area contributed by atoms with Gasteiger partial charge in [0.2, 0.25) is 16.0 Å². The highest BCUT2D eigenvalue weighted by molar-refractivity contribution is 7.92. The monoisotopic (exact) mass is 639 g/mol. The summed E-state index contributed by atoms with van der Waals surface area (Å²) in [5.41, 5.74) is -0.0265. The number of benzene rings is 2. The Morgan fingerprint density at radius 3 is 2.57 bits per heavy atom. The number of hydrogen-bond donors (Lipinski definition) is 3. The number of carbonyl (C=O) groups excluding carboxylic acids is 1. The number of hydrogen-bond acceptors (Lipinski definition) is 9. The third-order valence-electron chi connectivity index (χ3n) is 7.12. The number of anilines is 4. The van der Waals surface area contributed by atoms with Gasteiger partial charge in [-0.2, -0.15) is 18.2 Å². The average Bonchev–Trinajstić information content (AvgIpc) is 3.35. The summed E-state index contributed by atoms with van der Waals surface area (Å²) < 4.78 is 87.4. The first-order chi connectivity index (χ1) is 20.6. The second-order valence-corrected chi connectivity index (χ2v) is 12.6. The first-order valence-corrected chi connectivity index (χ1v) is 15.3. The summed E-state index contributed by atoms with van der Waals surface area (Å²) in [7, 11) is 0.892. The number of alkyl halides is 3. The molecular formula is C28H33F4N7O4S. The summed E-state index contributed by atoms with van der Waals surface area (Å²) in [4.78, 5) is 22.5. The maximum Gasteiger partial charge on any atom is 0.421 e. The van der Waals surface area contributed by atoms with Crippen molar-refractivity contribution < 1.29 is 35.5 Å². The minimum Gasteiger partial charge on any atom is -0.495 e. The molecule has 16 heteroatoms. The summed E-state index contributed by atoms with van der Waals surface area (Å²) >= 11 is 0. The van der Waals surface area contributed by atoms with Crippen molar-refractivity contribution in [3.63, 3.8) is 0 Å². The number of sulfonamides is 1. The van der Waals surface area contributed by atoms with E-state index in [1.807, 2.05) is 11.9 Å². The third-order valence-corrected chi connectivity index (χ3v) is 8.32. The molecule has 1 fully saturated rings. The first kappa shape index (κ1) is 32.7. The van der Waals surface area contributed by atoms with Gasteiger partial charge in [0.15, 0.2) is 0 Å². The van der Waals surface area contributed by atoms with Crippen molar-refractivity contribution in [2.24, 2.45) is 0 Å². The number of nitrogens with zero attached hydrogens (tertiary/aromatic N) is 4. The Morgan fingerprint density at radius 2 is 1.95 bits per heavy atom. The topological polar surface area (TPSA) is 129 Å². The molecule has 1 aliphatic rings. The lowest BCUT2D eigenvalue weighted by atomic mass is 10.1. The van der Waals surface area contributed by atoms with Gasteiger partial charge in [-0.1, -0.05) is 12.1 Å². The maximum atomic E-state index is 15.1. The van der Waals surface area contributed by atoms with E-state index in [9.17, 15) is 26.4 Å². The number of aromatic nitrogens is 2. The zero-order valence-electron chi connectivity index (χ0n) is 24.7. The van der Waals surface area contributed by atoms with E-state index in [1.165, 1.54) is 20.2 Å². The molecule has 2 heterocycles. The minimum atomic E-state index is -4.83. The standard InChI is InChI=1S/C28H33F4N7O4S/c1-16-6-7-17(23(10-16)39(3)44(5,41)42)13-33-25-20(28(30,31)32)14-34-27(37-25)36-22-12-21(29)19(11-24(22)43-4)26(40)35-18-8-9-38(2)15-18/h6-7,10-12,14,18H,8-9,13,15H2,1-5H3,(H,35,40)(H2,33,34,36,37)/t18-/m1/s1. The maximum absolute atomic E-state index is 15.1. The van der Waals surface area contributed by atoms with Gasteiger partial charge >= 0.3 is 6.18 Å². The molecule has 11 nitrogen and oxygen atoms in total. The zero-order chi connectivity index (χ0) is 32.4. The Kier molecular flexibility index (Phi) is 9.53. The van der Waals surface area contributed by atoms with Crippen molar-refractivity contribution in [3.8, 4) is 5.75 Å². The molecule has 0 spiro atoms. The molecule has 1 aliphatic heterocycles. The molecule has 44 heavy (non-hydrogen) atoms. The molecule has 1 aromatic heterocycles. The van der Waals surface area contributed by atoms with Crippen LogP contribution in [0.3, 0.4) is 0 Å². The van der Waals surface area contributed by atoms with Crippen LogP contribution >= 0.6 is 0 Å². The Bertz CT molecular complexity index is 1650. The van der Waals surface area contributed by atoms with Crippen LogP contribution in [-0.2, 0) is 22.7 Å². The lowest BCUT2D eigenvalue weighted by Crippen LogP contribution is -2.36. The molecule has 2 aromatic carbocycles. The predicted molar refractivity (Wildman–Crippen MR) is 158 cm³/mol. The summed E-state index contributed by atoms with van der Waals surface area (Å²) in [5, 5.41) is 8.09. The van der Waals surface area contributed by atoms with Gasteiger partial charge in [-0.3, -0.25) is 9.10 Å². The van der Waals surface area contributed by atoms with Crippen LogP contribution in [0.1, 0.15) is 33.5 Å². The van der Waals surface area contributed by atoms with Crippen LogP contribution in [0.15, 0.2) is 36.5 Å². The number of methoxy groups -OCH3 is 1. The van der Waals surface area contributed by atoms with Crippen LogP contribution in [0.25, 0.3) is 0 Å². The SMILES string of the molecule is COc1cc(C(=O)N[C@@H]2CCN(C)C2)c(F)cc1Nc1ncc(C(F)(F)F)c(NCc2ccc(C)cc2N(C)S(C)(=O)=O)n1. The third kappa shape index (κ3) is 7.66. The van der Waals surface area contributed by atoms with E-state index < -0.39 is 39.3 Å². The van der Waals surface area contributed by atoms with Gasteiger partial charge in [-0.15, -0.1) is 0 Å². The lowest BCUT2D eigenvalue weighted by molar-refractivity contribution is -0.137. The Balaban J connectivity index is 1.61. The van der Waals surface area contributed by atoms with Gasteiger partial charge in [0.1, 0.15) is 22.9 Å². The van der Waals surface area contributed by atoms with Crippen molar-refractivity contribution in [2.45, 2.75) is 32.1 Å². The van der Waals surface area contributed by atoms with Crippen molar-refractivity contribution in [1.29, 1.82) is 0 Å². The van der Waals surface area contributed by atoms with Gasteiger partial charge < -0.3 is 25.6 Å². The number of likely N-dealkylation sites (N-methyl/N-ethyl adjacent to an activating group) is 1. The molecule has 238 valence electrons. The van der Waals surface area contributed by atoms with E-state index >= 15 is 4.39 Å². The second kappa shape index (κ2) is 12.8. The van der Waals surface area contributed by atoms with Crippen LogP contribution in [0, 0.1) is 12.7 Å². The van der Waals surface area contributed by atoms with Gasteiger partial charge in [0.05, 0.1) is 30.3 Å². The van der Waals surface area contributed by atoms with Gasteiger partial charge in [0, 0.05) is 38.4 Å². The molecule has 1 amide bonds. The Morgan fingerprint density at radius 1 is 1.23 bits per heavy atom. The van der Waals surface area contributed by atoms with E-state index in [2.05, 4.69) is 25.9 Å². The predicted octanol–water partition coefficient (Wildman–Crippen LogP) is 4.14. The molecule has 1 saturated heterocycles. The van der Waals surface area contributed by atoms with Crippen LogP contribution in [-0.4, -0.2) is 75.8 Å². The van der Waals surface area contributed by atoms with Gasteiger partial charge in [-0.05, 0) is 50.2 Å². The molecule has 0 unspecified atom stereocenters. The molecule has 3 aromatic rings. The second-order valence-electron chi connectivity index (χ2n) is 10.5. The molecule has 0 saturated carbocycles. The number of carbonyl (C=O) groups is 1. The largest absolute Gasteiger partial charge is 0.495 e. The number of nitrogens with one attached hydrogen (secondary N) is 3. The highest BCUT2D eigenvalue weighted by Gasteiger charge is 2.35. The Hall–Kier alpha value is -4.18. The van der Waals surface area contributed by atoms with Gasteiger partial charge in [0.25, 0.3) is 5.91 Å². The van der Waals surface area contributed by atoms with Crippen LogP contribution in [0.5, 0.6) is 5.75 Å². The molecule has 1 atom stereocenters. The van der Waals surface area contributed by atoms with Crippen molar-refractivity contribution in [3.05, 3.63) is 64.6 Å². The minimum absolute atomic E-state index is 0.0246. The van der Waals surface area contributed by atoms with Crippen molar-refractivity contribution in [2.75, 3.05) is 55.5 Å². The molecule has 3 N–H and O–H groups in total. The summed E-state index contributed by atoms with van der Waals surface area (Å²) in [6.07, 6.45) is -2.52. The molecule has 0 bridgehead atoms. The number of aryl methyl sites for hydroxylation is 1. The smallest absolute Gasteiger partial charge is 0.421 e. The van der Waals surface area contributed by atoms with Crippen molar-refractivity contribution >= 4 is 39.1 Å². The fraction of sp³-hybridized carbons (Fsp3) is 0.393. The fourth-order valence-corrected chi connectivity index (χ4v) is 5.22. The molecular weight excluding hydrogens is 606 g/mol. The first-order valence-electron chi connectivity index (χ1n) is 13.4. The summed E-state index contributed by atoms with van der Waals surface area (Å²) in [5.74, 6) is -2.39. The number of ether oxygens (including phenoxy) is 1. The number of amides is 1. The van der Waals surface area contributed by atoms with Gasteiger partial charge in [-0.25, -0.2) is 17.8 Å². The average molecular weight is 640 g/mol. The number of rotatable bonds is 10. The molecule has 4 rings (SSSR count). The van der Waals surface area contributed by atoms with Crippen LogP contribution < -0.4 is 25.0 Å². The Labute approximate surface area is 252 Å². The van der Waals surface area contributed by atoms with Crippen LogP contribution in [0.2, 0.25) is 0 Å². The molecule has 0 radical (unpaired) electrons. The number of halogens is 4. The molecule has 0 aliphatic carbocycles. The van der Waals surface area contributed by atoms with E-state index in [0.717, 1.165) is 35.2 Å². The summed E-state index contributed by atoms with van der Waals surface area (Å²) in [6.45, 7) is 2.97. The van der Waals surface area contributed by atoms with E-state index in [4.69, 9.17) is 4.74 Å². The highest BCUT2D eigenvalue weighted by Crippen LogP contribution is 2.36. The van der Waals surface area contributed by atoms with E-state index in [0.29, 0.717) is 18.3 Å². The van der Waals surface area contributed by atoms with Crippen molar-refractivity contribution in [1.82, 2.24) is 20.2 Å². The number of likely N-dealkylation sites (tertiary alicyclic amines) is 1.